The van der Waals surface area contributed by atoms with Crippen LogP contribution in [0.3, 0.4) is 0 Å². The molecular weight excluding hydrogens is 94.1 g/mol. The fraction of sp³-hybridized carbons (Fsp3) is 0.333. The van der Waals surface area contributed by atoms with Crippen molar-refractivity contribution in [1.82, 2.24) is 5.43 Å². The van der Waals surface area contributed by atoms with Crippen LogP contribution >= 0.6 is 0 Å². The van der Waals surface area contributed by atoms with E-state index in [-0.39, 0.29) is 0 Å². The van der Waals surface area contributed by atoms with Crippen molar-refractivity contribution in [1.29, 1.82) is 0 Å². The molecule has 1 rings (SSSR count). The Kier molecular flexibility index (Phi) is 1.04. The standard InChI is InChI=1S/C3H5N3O/c7-3-1-4-2-5-6-3/h1-3,6-7H. The zero-order valence-corrected chi connectivity index (χ0v) is 3.57. The van der Waals surface area contributed by atoms with E-state index in [9.17, 15) is 0 Å². The van der Waals surface area contributed by atoms with E-state index in [0.29, 0.717) is 0 Å². The Balaban J connectivity index is 2.49. The van der Waals surface area contributed by atoms with Gasteiger partial charge in [-0.15, -0.1) is 0 Å². The Morgan fingerprint density at radius 1 is 1.71 bits per heavy atom. The first-order chi connectivity index (χ1) is 3.39. The molecule has 1 unspecified atom stereocenters. The lowest BCUT2D eigenvalue weighted by molar-refractivity contribution is 0.209. The number of hydrogen-bond donors (Lipinski definition) is 2. The van der Waals surface area contributed by atoms with Crippen molar-refractivity contribution in [2.24, 2.45) is 10.1 Å². The van der Waals surface area contributed by atoms with Gasteiger partial charge in [-0.2, -0.15) is 5.10 Å². The zero-order valence-electron chi connectivity index (χ0n) is 3.57. The first kappa shape index (κ1) is 4.26. The van der Waals surface area contributed by atoms with E-state index in [1.807, 2.05) is 0 Å². The van der Waals surface area contributed by atoms with Crippen LogP contribution in [-0.4, -0.2) is 23.9 Å². The first-order valence-electron chi connectivity index (χ1n) is 1.88. The normalized spacial score (nSPS) is 27.3. The maximum Gasteiger partial charge on any atom is 0.176 e. The predicted octanol–water partition coefficient (Wildman–Crippen LogP) is -1.08. The van der Waals surface area contributed by atoms with Crippen molar-refractivity contribution in [3.63, 3.8) is 0 Å². The van der Waals surface area contributed by atoms with Gasteiger partial charge in [-0.05, 0) is 0 Å². The maximum absolute atomic E-state index is 8.54. The largest absolute Gasteiger partial charge is 0.367 e. The van der Waals surface area contributed by atoms with Gasteiger partial charge in [-0.25, -0.2) is 4.99 Å². The molecule has 0 aromatic heterocycles. The fourth-order valence-corrected chi connectivity index (χ4v) is 0.296. The summed E-state index contributed by atoms with van der Waals surface area (Å²) in [5.74, 6) is 0. The molecule has 0 radical (unpaired) electrons. The molecule has 0 bridgehead atoms. The first-order valence-corrected chi connectivity index (χ1v) is 1.88. The number of nitrogens with zero attached hydrogens (tertiary/aromatic N) is 2. The third kappa shape index (κ3) is 0.972. The van der Waals surface area contributed by atoms with Crippen LogP contribution in [0.2, 0.25) is 0 Å². The average molecular weight is 99.1 g/mol. The summed E-state index contributed by atoms with van der Waals surface area (Å²) in [4.78, 5) is 3.53. The van der Waals surface area contributed by atoms with Gasteiger partial charge in [0.05, 0.1) is 6.21 Å². The van der Waals surface area contributed by atoms with E-state index in [1.54, 1.807) is 0 Å². The minimum Gasteiger partial charge on any atom is -0.367 e. The SMILES string of the molecule is OC1C=NC=NN1. The second-order valence-corrected chi connectivity index (χ2v) is 1.12. The number of aliphatic imine (C=N–C) groups is 1. The molecule has 4 nitrogen and oxygen atoms in total. The molecule has 0 spiro atoms. The van der Waals surface area contributed by atoms with Crippen molar-refractivity contribution in [3.05, 3.63) is 0 Å². The lowest BCUT2D eigenvalue weighted by atomic mass is 10.6. The van der Waals surface area contributed by atoms with Crippen molar-refractivity contribution in [3.8, 4) is 0 Å². The lowest BCUT2D eigenvalue weighted by Gasteiger charge is -2.03. The Morgan fingerprint density at radius 2 is 2.57 bits per heavy atom. The van der Waals surface area contributed by atoms with Gasteiger partial charge in [0.25, 0.3) is 0 Å². The molecule has 0 fully saturated rings. The maximum atomic E-state index is 8.54. The summed E-state index contributed by atoms with van der Waals surface area (Å²) in [6.45, 7) is 0. The van der Waals surface area contributed by atoms with Crippen LogP contribution in [0.5, 0.6) is 0 Å². The van der Waals surface area contributed by atoms with Gasteiger partial charge in [-0.1, -0.05) is 0 Å². The summed E-state index contributed by atoms with van der Waals surface area (Å²) in [5.41, 5.74) is 2.36. The van der Waals surface area contributed by atoms with Gasteiger partial charge >= 0.3 is 0 Å². The molecule has 0 aromatic carbocycles. The molecule has 0 aromatic rings. The predicted molar refractivity (Wildman–Crippen MR) is 26.1 cm³/mol. The van der Waals surface area contributed by atoms with Gasteiger partial charge in [0.15, 0.2) is 6.23 Å². The smallest absolute Gasteiger partial charge is 0.176 e. The minimum atomic E-state index is -0.704. The quantitative estimate of drug-likeness (QED) is 0.406. The summed E-state index contributed by atoms with van der Waals surface area (Å²) >= 11 is 0. The highest BCUT2D eigenvalue weighted by Gasteiger charge is 1.94. The molecule has 0 saturated carbocycles. The van der Waals surface area contributed by atoms with Crippen molar-refractivity contribution in [2.45, 2.75) is 6.23 Å². The number of hydrogen-bond acceptors (Lipinski definition) is 4. The molecule has 1 aliphatic rings. The molecule has 38 valence electrons. The van der Waals surface area contributed by atoms with E-state index in [1.165, 1.54) is 12.6 Å². The van der Waals surface area contributed by atoms with E-state index in [2.05, 4.69) is 15.5 Å². The van der Waals surface area contributed by atoms with E-state index in [0.717, 1.165) is 0 Å². The van der Waals surface area contributed by atoms with Crippen molar-refractivity contribution < 1.29 is 5.11 Å². The van der Waals surface area contributed by atoms with Gasteiger partial charge in [0.1, 0.15) is 6.34 Å². The molecule has 4 heteroatoms. The van der Waals surface area contributed by atoms with Gasteiger partial charge < -0.3 is 5.11 Å². The van der Waals surface area contributed by atoms with Crippen LogP contribution in [0.15, 0.2) is 10.1 Å². The Labute approximate surface area is 40.6 Å². The molecule has 0 saturated heterocycles. The molecular formula is C3H5N3O. The number of rotatable bonds is 0. The Bertz CT molecular complexity index is 109. The second-order valence-electron chi connectivity index (χ2n) is 1.12. The third-order valence-electron chi connectivity index (χ3n) is 0.558. The summed E-state index contributed by atoms with van der Waals surface area (Å²) < 4.78 is 0. The average Bonchev–Trinajstić information content (AvgIpc) is 1.69. The number of nitrogens with one attached hydrogen (secondary N) is 1. The minimum absolute atomic E-state index is 0.704. The highest BCUT2D eigenvalue weighted by molar-refractivity contribution is 5.76. The molecule has 7 heavy (non-hydrogen) atoms. The van der Waals surface area contributed by atoms with Crippen LogP contribution < -0.4 is 5.43 Å². The molecule has 1 heterocycles. The van der Waals surface area contributed by atoms with E-state index < -0.39 is 6.23 Å². The van der Waals surface area contributed by atoms with Crippen LogP contribution in [0.1, 0.15) is 0 Å². The molecule has 1 atom stereocenters. The second kappa shape index (κ2) is 1.70. The van der Waals surface area contributed by atoms with Crippen molar-refractivity contribution >= 4 is 12.6 Å². The molecule has 0 amide bonds. The Hall–Kier alpha value is -0.900. The molecule has 1 aliphatic heterocycles. The van der Waals surface area contributed by atoms with Gasteiger partial charge in [-0.3, -0.25) is 5.43 Å². The Morgan fingerprint density at radius 3 is 2.86 bits per heavy atom. The van der Waals surface area contributed by atoms with Crippen LogP contribution in [0.25, 0.3) is 0 Å². The number of aliphatic hydroxyl groups excluding tert-OH is 1. The summed E-state index contributed by atoms with van der Waals surface area (Å²) in [7, 11) is 0. The monoisotopic (exact) mass is 99.0 g/mol. The summed E-state index contributed by atoms with van der Waals surface area (Å²) in [6, 6.07) is 0. The highest BCUT2D eigenvalue weighted by atomic mass is 16.3. The van der Waals surface area contributed by atoms with E-state index in [4.69, 9.17) is 5.11 Å². The van der Waals surface area contributed by atoms with Crippen LogP contribution in [-0.2, 0) is 0 Å². The van der Waals surface area contributed by atoms with Crippen molar-refractivity contribution in [2.75, 3.05) is 0 Å². The topological polar surface area (TPSA) is 57.0 Å². The molecule has 2 N–H and O–H groups in total. The third-order valence-corrected chi connectivity index (χ3v) is 0.558. The fourth-order valence-electron chi connectivity index (χ4n) is 0.296. The van der Waals surface area contributed by atoms with Gasteiger partial charge in [0, 0.05) is 0 Å². The lowest BCUT2D eigenvalue weighted by Crippen LogP contribution is -2.27. The number of hydrazone groups is 1. The van der Waals surface area contributed by atoms with Gasteiger partial charge in [0.2, 0.25) is 0 Å². The summed E-state index contributed by atoms with van der Waals surface area (Å²) in [5, 5.41) is 12.0. The van der Waals surface area contributed by atoms with Crippen LogP contribution in [0, 0.1) is 0 Å². The van der Waals surface area contributed by atoms with E-state index >= 15 is 0 Å². The highest BCUT2D eigenvalue weighted by Crippen LogP contribution is 1.75. The number of aliphatic hydroxyl groups is 1. The molecule has 0 aliphatic carbocycles. The zero-order chi connectivity index (χ0) is 5.11. The summed E-state index contributed by atoms with van der Waals surface area (Å²) in [6.07, 6.45) is 1.98. The van der Waals surface area contributed by atoms with Crippen LogP contribution in [0.4, 0.5) is 0 Å².